The molecule has 0 spiro atoms. The van der Waals surface area contributed by atoms with Crippen LogP contribution in [-0.4, -0.2) is 27.2 Å². The van der Waals surface area contributed by atoms with Crippen molar-refractivity contribution in [1.82, 2.24) is 0 Å². The zero-order valence-electron chi connectivity index (χ0n) is 15.6. The molecule has 3 N–H and O–H groups in total. The van der Waals surface area contributed by atoms with Gasteiger partial charge in [-0.2, -0.15) is 5.26 Å². The van der Waals surface area contributed by atoms with Crippen molar-refractivity contribution in [3.8, 4) is 5.75 Å². The van der Waals surface area contributed by atoms with Crippen molar-refractivity contribution < 1.29 is 29.9 Å². The van der Waals surface area contributed by atoms with Crippen LogP contribution < -0.4 is 0 Å². The van der Waals surface area contributed by atoms with E-state index in [0.29, 0.717) is 22.8 Å². The standard InChI is InChI=1S/C21H24O6/c1-11(2)7-8-21(25)16-10-14-13(5-4-6-17(14)22)9-15(16)19(23)12(3)18(21)20(24)27-26/h4-6,9-12,18,22,25-26H,7-8H2,1-3H3/t12-,18+,21+/m0/s1. The Bertz CT molecular complexity index is 903. The minimum absolute atomic E-state index is 0.0221. The molecule has 0 radical (unpaired) electrons. The molecular weight excluding hydrogens is 348 g/mol. The molecule has 1 aliphatic rings. The Morgan fingerprint density at radius 3 is 2.63 bits per heavy atom. The summed E-state index contributed by atoms with van der Waals surface area (Å²) in [6, 6.07) is 8.19. The van der Waals surface area contributed by atoms with E-state index >= 15 is 0 Å². The lowest BCUT2D eigenvalue weighted by atomic mass is 9.63. The number of phenolic OH excluding ortho intramolecular Hbond substituents is 1. The number of hydrogen-bond acceptors (Lipinski definition) is 6. The molecule has 0 saturated carbocycles. The van der Waals surface area contributed by atoms with E-state index in [0.717, 1.165) is 0 Å². The van der Waals surface area contributed by atoms with Gasteiger partial charge in [0.25, 0.3) is 0 Å². The fraction of sp³-hybridized carbons (Fsp3) is 0.429. The monoisotopic (exact) mass is 372 g/mol. The van der Waals surface area contributed by atoms with Gasteiger partial charge in [0.1, 0.15) is 17.3 Å². The molecule has 0 aromatic heterocycles. The highest BCUT2D eigenvalue weighted by molar-refractivity contribution is 6.07. The summed E-state index contributed by atoms with van der Waals surface area (Å²) in [6.45, 7) is 5.54. The number of Topliss-reactive ketones (excluding diaryl/α,β-unsaturated/α-hetero) is 1. The zero-order chi connectivity index (χ0) is 19.9. The van der Waals surface area contributed by atoms with E-state index in [2.05, 4.69) is 4.89 Å². The fourth-order valence-corrected chi connectivity index (χ4v) is 4.10. The van der Waals surface area contributed by atoms with E-state index in [1.54, 1.807) is 31.2 Å². The minimum atomic E-state index is -1.69. The number of aromatic hydroxyl groups is 1. The fourth-order valence-electron chi connectivity index (χ4n) is 4.10. The lowest BCUT2D eigenvalue weighted by Gasteiger charge is -2.42. The maximum Gasteiger partial charge on any atom is 0.349 e. The van der Waals surface area contributed by atoms with Crippen LogP contribution in [0.4, 0.5) is 0 Å². The van der Waals surface area contributed by atoms with Gasteiger partial charge in [0, 0.05) is 16.9 Å². The Balaban J connectivity index is 2.29. The summed E-state index contributed by atoms with van der Waals surface area (Å²) in [6.07, 6.45) is 0.818. The molecule has 0 heterocycles. The number of aliphatic hydroxyl groups is 1. The van der Waals surface area contributed by atoms with Crippen LogP contribution >= 0.6 is 0 Å². The van der Waals surface area contributed by atoms with Gasteiger partial charge in [-0.05, 0) is 47.9 Å². The van der Waals surface area contributed by atoms with Crippen molar-refractivity contribution in [2.75, 3.05) is 0 Å². The predicted molar refractivity (Wildman–Crippen MR) is 99.3 cm³/mol. The first-order chi connectivity index (χ1) is 12.7. The van der Waals surface area contributed by atoms with E-state index < -0.39 is 23.4 Å². The maximum absolute atomic E-state index is 12.9. The molecule has 0 unspecified atom stereocenters. The van der Waals surface area contributed by atoms with Crippen LogP contribution in [0.1, 0.15) is 49.5 Å². The van der Waals surface area contributed by atoms with Gasteiger partial charge in [-0.1, -0.05) is 32.9 Å². The van der Waals surface area contributed by atoms with E-state index in [4.69, 9.17) is 5.26 Å². The molecule has 0 fully saturated rings. The Morgan fingerprint density at radius 2 is 2.00 bits per heavy atom. The number of phenols is 1. The van der Waals surface area contributed by atoms with Crippen LogP contribution in [0, 0.1) is 17.8 Å². The van der Waals surface area contributed by atoms with Crippen LogP contribution in [0.25, 0.3) is 10.8 Å². The smallest absolute Gasteiger partial charge is 0.349 e. The molecule has 1 aliphatic carbocycles. The number of benzene rings is 2. The predicted octanol–water partition coefficient (Wildman–Crippen LogP) is 3.63. The van der Waals surface area contributed by atoms with Gasteiger partial charge in [0.15, 0.2) is 5.78 Å². The first-order valence-corrected chi connectivity index (χ1v) is 9.08. The average molecular weight is 372 g/mol. The lowest BCUT2D eigenvalue weighted by molar-refractivity contribution is -0.248. The normalized spacial score (nSPS) is 24.9. The highest BCUT2D eigenvalue weighted by Gasteiger charge is 2.54. The lowest BCUT2D eigenvalue weighted by Crippen LogP contribution is -2.50. The average Bonchev–Trinajstić information content (AvgIpc) is 2.64. The quantitative estimate of drug-likeness (QED) is 0.559. The number of carbonyl (C=O) groups excluding carboxylic acids is 2. The zero-order valence-corrected chi connectivity index (χ0v) is 15.6. The molecule has 3 rings (SSSR count). The third-order valence-electron chi connectivity index (χ3n) is 5.60. The summed E-state index contributed by atoms with van der Waals surface area (Å²) in [5.41, 5.74) is -1.08. The van der Waals surface area contributed by atoms with Crippen LogP contribution in [0.2, 0.25) is 0 Å². The van der Waals surface area contributed by atoms with Crippen molar-refractivity contribution in [2.45, 2.75) is 39.2 Å². The van der Waals surface area contributed by atoms with Crippen LogP contribution in [-0.2, 0) is 15.3 Å². The number of rotatable bonds is 4. The van der Waals surface area contributed by atoms with Crippen molar-refractivity contribution in [2.24, 2.45) is 17.8 Å². The van der Waals surface area contributed by atoms with E-state index in [1.807, 2.05) is 13.8 Å². The number of hydrogen-bond donors (Lipinski definition) is 3. The SMILES string of the molecule is CC(C)CC[C@@]1(O)c2cc3c(O)cccc3cc2C(=O)[C@@H](C)[C@@H]1C(=O)OO. The largest absolute Gasteiger partial charge is 0.507 e. The second kappa shape index (κ2) is 6.94. The first-order valence-electron chi connectivity index (χ1n) is 9.08. The summed E-state index contributed by atoms with van der Waals surface area (Å²) < 4.78 is 0. The van der Waals surface area contributed by atoms with E-state index in [-0.39, 0.29) is 29.4 Å². The van der Waals surface area contributed by atoms with Crippen molar-refractivity contribution in [3.05, 3.63) is 41.5 Å². The van der Waals surface area contributed by atoms with Crippen molar-refractivity contribution >= 4 is 22.5 Å². The summed E-state index contributed by atoms with van der Waals surface area (Å²) in [7, 11) is 0. The van der Waals surface area contributed by atoms with Gasteiger partial charge in [-0.25, -0.2) is 4.79 Å². The molecule has 0 bridgehead atoms. The van der Waals surface area contributed by atoms with Crippen LogP contribution in [0.5, 0.6) is 5.75 Å². The summed E-state index contributed by atoms with van der Waals surface area (Å²) in [4.78, 5) is 29.2. The summed E-state index contributed by atoms with van der Waals surface area (Å²) >= 11 is 0. The third kappa shape index (κ3) is 3.09. The molecule has 2 aromatic carbocycles. The molecular formula is C21H24O6. The summed E-state index contributed by atoms with van der Waals surface area (Å²) in [5.74, 6) is -3.16. The van der Waals surface area contributed by atoms with Gasteiger partial charge < -0.3 is 15.1 Å². The highest BCUT2D eigenvalue weighted by Crippen LogP contribution is 2.48. The Morgan fingerprint density at radius 1 is 1.30 bits per heavy atom. The van der Waals surface area contributed by atoms with Crippen LogP contribution in [0.3, 0.4) is 0 Å². The highest BCUT2D eigenvalue weighted by atomic mass is 17.1. The second-order valence-electron chi connectivity index (χ2n) is 7.79. The van der Waals surface area contributed by atoms with Gasteiger partial charge >= 0.3 is 5.97 Å². The molecule has 3 atom stereocenters. The molecule has 6 heteroatoms. The van der Waals surface area contributed by atoms with Gasteiger partial charge in [0.2, 0.25) is 0 Å². The molecule has 2 aromatic rings. The van der Waals surface area contributed by atoms with Gasteiger partial charge in [-0.15, -0.1) is 0 Å². The Labute approximate surface area is 157 Å². The molecule has 0 aliphatic heterocycles. The first kappa shape index (κ1) is 19.3. The van der Waals surface area contributed by atoms with Gasteiger partial charge in [-0.3, -0.25) is 4.79 Å². The van der Waals surface area contributed by atoms with Crippen LogP contribution in [0.15, 0.2) is 30.3 Å². The van der Waals surface area contributed by atoms with Crippen molar-refractivity contribution in [3.63, 3.8) is 0 Å². The molecule has 27 heavy (non-hydrogen) atoms. The van der Waals surface area contributed by atoms with Crippen molar-refractivity contribution in [1.29, 1.82) is 0 Å². The maximum atomic E-state index is 12.9. The molecule has 0 amide bonds. The Kier molecular flexibility index (Phi) is 4.97. The third-order valence-corrected chi connectivity index (χ3v) is 5.60. The van der Waals surface area contributed by atoms with E-state index in [1.165, 1.54) is 6.07 Å². The second-order valence-corrected chi connectivity index (χ2v) is 7.79. The van der Waals surface area contributed by atoms with E-state index in [9.17, 15) is 19.8 Å². The number of carbonyl (C=O) groups is 2. The molecule has 0 saturated heterocycles. The topological polar surface area (TPSA) is 104 Å². The minimum Gasteiger partial charge on any atom is -0.507 e. The molecule has 144 valence electrons. The molecule has 6 nitrogen and oxygen atoms in total. The number of ketones is 1. The summed E-state index contributed by atoms with van der Waals surface area (Å²) in [5, 5.41) is 31.9. The van der Waals surface area contributed by atoms with Gasteiger partial charge in [0.05, 0.1) is 0 Å². The Hall–Kier alpha value is -2.44. The number of fused-ring (bicyclic) bond motifs is 2.